The maximum atomic E-state index is 5.07. The van der Waals surface area contributed by atoms with Crippen LogP contribution in [0.5, 0.6) is 5.75 Å². The average Bonchev–Trinajstić information content (AvgIpc) is 2.32. The van der Waals surface area contributed by atoms with Gasteiger partial charge in [0.1, 0.15) is 12.2 Å². The number of hydrogen-bond acceptors (Lipinski definition) is 4. The van der Waals surface area contributed by atoms with Crippen LogP contribution in [0.4, 0.5) is 0 Å². The second kappa shape index (κ2) is 8.40. The topological polar surface area (TPSA) is 30.5 Å². The Morgan fingerprint density at radius 1 is 1.11 bits per heavy atom. The Bertz CT molecular complexity index is 311. The van der Waals surface area contributed by atoms with E-state index in [0.29, 0.717) is 11.2 Å². The number of hydrogen-bond donors (Lipinski definition) is 1. The molecule has 0 aromatic heterocycles. The van der Waals surface area contributed by atoms with E-state index < -0.39 is 0 Å². The maximum absolute atomic E-state index is 5.07. The fraction of sp³-hybridized carbons (Fsp3) is 0.571. The Morgan fingerprint density at radius 2 is 1.83 bits per heavy atom. The zero-order valence-corrected chi connectivity index (χ0v) is 12.3. The molecule has 1 rings (SSSR count). The first kappa shape index (κ1) is 15.3. The van der Waals surface area contributed by atoms with Crippen molar-refractivity contribution >= 4 is 12.2 Å². The molecule has 18 heavy (non-hydrogen) atoms. The molecule has 4 heteroatoms. The number of para-hydroxylation sites is 1. The fourth-order valence-electron chi connectivity index (χ4n) is 1.45. The third-order valence-corrected chi connectivity index (χ3v) is 2.88. The summed E-state index contributed by atoms with van der Waals surface area (Å²) in [5.74, 6) is 0.708. The Balaban J connectivity index is 1.90. The van der Waals surface area contributed by atoms with Crippen LogP contribution in [0.15, 0.2) is 30.3 Å². The van der Waals surface area contributed by atoms with E-state index in [4.69, 9.17) is 9.22 Å². The predicted molar refractivity (Wildman–Crippen MR) is 77.1 cm³/mol. The van der Waals surface area contributed by atoms with Crippen LogP contribution in [0.2, 0.25) is 0 Å². The summed E-state index contributed by atoms with van der Waals surface area (Å²) in [6.07, 6.45) is 3.64. The van der Waals surface area contributed by atoms with Gasteiger partial charge >= 0.3 is 0 Å². The van der Waals surface area contributed by atoms with E-state index >= 15 is 0 Å². The molecule has 0 aliphatic heterocycles. The van der Waals surface area contributed by atoms with Gasteiger partial charge in [-0.15, -0.1) is 0 Å². The van der Waals surface area contributed by atoms with Gasteiger partial charge in [-0.1, -0.05) is 49.7 Å². The highest BCUT2D eigenvalue weighted by molar-refractivity contribution is 7.92. The van der Waals surface area contributed by atoms with Crippen molar-refractivity contribution in [2.45, 2.75) is 40.0 Å². The van der Waals surface area contributed by atoms with Gasteiger partial charge in [-0.05, 0) is 30.4 Å². The summed E-state index contributed by atoms with van der Waals surface area (Å²) in [6, 6.07) is 9.45. The van der Waals surface area contributed by atoms with Crippen molar-refractivity contribution in [3.8, 4) is 5.75 Å². The molecule has 0 atom stereocenters. The fourth-order valence-corrected chi connectivity index (χ4v) is 1.84. The minimum atomic E-state index is 0.431. The van der Waals surface area contributed by atoms with Crippen molar-refractivity contribution in [3.63, 3.8) is 0 Å². The summed E-state index contributed by atoms with van der Waals surface area (Å²) in [5.41, 5.74) is 0.431. The number of rotatable bonds is 8. The molecule has 0 bridgehead atoms. The molecule has 1 aromatic rings. The van der Waals surface area contributed by atoms with Crippen LogP contribution in [0.3, 0.4) is 0 Å². The molecule has 0 amide bonds. The lowest BCUT2D eigenvalue weighted by Gasteiger charge is -2.17. The molecule has 0 unspecified atom stereocenters. The molecule has 0 radical (unpaired) electrons. The highest BCUT2D eigenvalue weighted by atomic mass is 32.2. The van der Waals surface area contributed by atoms with Crippen LogP contribution in [0, 0.1) is 5.41 Å². The summed E-state index contributed by atoms with van der Waals surface area (Å²) in [7, 11) is 0. The van der Waals surface area contributed by atoms with E-state index in [1.54, 1.807) is 0 Å². The molecule has 0 aliphatic carbocycles. The lowest BCUT2D eigenvalue weighted by atomic mass is 9.90. The van der Waals surface area contributed by atoms with E-state index in [1.165, 1.54) is 12.8 Å². The zero-order valence-electron chi connectivity index (χ0n) is 11.4. The summed E-state index contributed by atoms with van der Waals surface area (Å²) < 4.78 is 8.08. The molecule has 0 spiro atoms. The van der Waals surface area contributed by atoms with Gasteiger partial charge in [0.25, 0.3) is 0 Å². The van der Waals surface area contributed by atoms with E-state index in [0.717, 1.165) is 25.2 Å². The third-order valence-electron chi connectivity index (χ3n) is 2.42. The molecule has 0 fully saturated rings. The lowest BCUT2D eigenvalue weighted by molar-refractivity contribution is -0.0787. The highest BCUT2D eigenvalue weighted by Crippen LogP contribution is 2.21. The Morgan fingerprint density at radius 3 is 2.50 bits per heavy atom. The lowest BCUT2D eigenvalue weighted by Crippen LogP contribution is -2.10. The quantitative estimate of drug-likeness (QED) is 0.250. The van der Waals surface area contributed by atoms with Crippen LogP contribution in [0.1, 0.15) is 40.0 Å². The summed E-state index contributed by atoms with van der Waals surface area (Å²) in [6.45, 7) is 7.74. The van der Waals surface area contributed by atoms with Crippen LogP contribution in [0.25, 0.3) is 0 Å². The Hall–Kier alpha value is -0.710. The van der Waals surface area contributed by atoms with Gasteiger partial charge in [0.2, 0.25) is 0 Å². The van der Waals surface area contributed by atoms with E-state index in [2.05, 4.69) is 25.5 Å². The predicted octanol–water partition coefficient (Wildman–Crippen LogP) is 4.37. The number of unbranched alkanes of at least 4 members (excludes halogenated alkanes) is 1. The first-order chi connectivity index (χ1) is 8.58. The molecule has 1 N–H and O–H groups in total. The second-order valence-corrected chi connectivity index (χ2v) is 6.05. The molecule has 0 saturated carbocycles. The van der Waals surface area contributed by atoms with Gasteiger partial charge in [-0.2, -0.15) is 0 Å². The Kier molecular flexibility index (Phi) is 7.16. The first-order valence-electron chi connectivity index (χ1n) is 6.36. The summed E-state index contributed by atoms with van der Waals surface area (Å²) >= 11 is 1.13. The second-order valence-electron chi connectivity index (χ2n) is 5.46. The van der Waals surface area contributed by atoms with Crippen molar-refractivity contribution in [1.29, 1.82) is 0 Å². The normalized spacial score (nSPS) is 11.5. The number of benzene rings is 1. The molecule has 0 aliphatic rings. The first-order valence-corrected chi connectivity index (χ1v) is 7.10. The minimum Gasteiger partial charge on any atom is -0.324 e. The highest BCUT2D eigenvalue weighted by Gasteiger charge is 2.08. The molecule has 102 valence electrons. The molecular formula is C14H23NO2S. The molecule has 0 saturated heterocycles. The van der Waals surface area contributed by atoms with Gasteiger partial charge in [0.15, 0.2) is 5.75 Å². The molecule has 0 heterocycles. The van der Waals surface area contributed by atoms with Crippen molar-refractivity contribution in [1.82, 2.24) is 4.72 Å². The van der Waals surface area contributed by atoms with Crippen molar-refractivity contribution in [2.24, 2.45) is 5.41 Å². The summed E-state index contributed by atoms with van der Waals surface area (Å²) in [5, 5.41) is 0. The van der Waals surface area contributed by atoms with Crippen molar-refractivity contribution in [3.05, 3.63) is 30.3 Å². The van der Waals surface area contributed by atoms with Crippen LogP contribution >= 0.6 is 12.2 Å². The smallest absolute Gasteiger partial charge is 0.166 e. The third kappa shape index (κ3) is 8.39. The largest absolute Gasteiger partial charge is 0.324 e. The van der Waals surface area contributed by atoms with Crippen LogP contribution in [-0.4, -0.2) is 6.54 Å². The molecular weight excluding hydrogens is 246 g/mol. The van der Waals surface area contributed by atoms with Crippen LogP contribution < -0.4 is 9.61 Å². The molecule has 1 aromatic carbocycles. The van der Waals surface area contributed by atoms with E-state index in [-0.39, 0.29) is 0 Å². The minimum absolute atomic E-state index is 0.431. The van der Waals surface area contributed by atoms with Gasteiger partial charge in [0.05, 0.1) is 0 Å². The van der Waals surface area contributed by atoms with Gasteiger partial charge in [-0.3, -0.25) is 0 Å². The standard InChI is InChI=1S/C14H23NO2S/c1-14(2,3)11-7-8-12-15-18-17-16-13-9-5-4-6-10-13/h4-6,9-10,15H,7-8,11-12H2,1-3H3. The summed E-state index contributed by atoms with van der Waals surface area (Å²) in [4.78, 5) is 5.07. The SMILES string of the molecule is CC(C)(C)CCCCNSOOc1ccccc1. The Labute approximate surface area is 115 Å². The molecule has 3 nitrogen and oxygen atoms in total. The maximum Gasteiger partial charge on any atom is 0.166 e. The van der Waals surface area contributed by atoms with E-state index in [1.807, 2.05) is 30.3 Å². The van der Waals surface area contributed by atoms with Gasteiger partial charge in [-0.25, -0.2) is 4.72 Å². The van der Waals surface area contributed by atoms with Crippen LogP contribution in [-0.2, 0) is 4.33 Å². The monoisotopic (exact) mass is 269 g/mol. The van der Waals surface area contributed by atoms with Gasteiger partial charge in [0, 0.05) is 6.54 Å². The van der Waals surface area contributed by atoms with Crippen molar-refractivity contribution in [2.75, 3.05) is 6.54 Å². The number of nitrogens with one attached hydrogen (secondary N) is 1. The average molecular weight is 269 g/mol. The van der Waals surface area contributed by atoms with E-state index in [9.17, 15) is 0 Å². The van der Waals surface area contributed by atoms with Gasteiger partial charge < -0.3 is 4.89 Å². The van der Waals surface area contributed by atoms with Crippen molar-refractivity contribution < 1.29 is 9.22 Å². The zero-order chi connectivity index (χ0) is 13.3.